The third kappa shape index (κ3) is 4.64. The minimum absolute atomic E-state index is 0.0741. The summed E-state index contributed by atoms with van der Waals surface area (Å²) in [6, 6.07) is 10.7. The molecule has 132 valence electrons. The number of hydrogen-bond acceptors (Lipinski definition) is 4. The van der Waals surface area contributed by atoms with Crippen LogP contribution in [-0.4, -0.2) is 37.3 Å². The summed E-state index contributed by atoms with van der Waals surface area (Å²) < 4.78 is 22.5. The van der Waals surface area contributed by atoms with Gasteiger partial charge in [0, 0.05) is 37.0 Å². The Bertz CT molecular complexity index is 853. The smallest absolute Gasteiger partial charge is 0.253 e. The highest BCUT2D eigenvalue weighted by atomic mass is 32.2. The second kappa shape index (κ2) is 7.33. The Morgan fingerprint density at radius 2 is 2.00 bits per heavy atom. The number of carbonyl (C=O) groups excluding carboxylic acids is 1. The Kier molecular flexibility index (Phi) is 5.15. The molecule has 1 saturated heterocycles. The second-order valence-electron chi connectivity index (χ2n) is 6.38. The molecule has 1 aliphatic heterocycles. The molecular formula is C18H21N3O3S. The van der Waals surface area contributed by atoms with Crippen LogP contribution in [0.3, 0.4) is 0 Å². The number of nitrogens with zero attached hydrogens (tertiary/aromatic N) is 2. The standard InChI is InChI=1S/C18H21N3O3S/c19-25(23,24)13-14-3-1-4-16(11-14)18(22)21-10-2-5-17(12-21)15-6-8-20-9-7-15/h1,3-4,6-9,11,17H,2,5,10,12-13H2,(H2,19,23,24). The SMILES string of the molecule is NS(=O)(=O)Cc1cccc(C(=O)N2CCCC(c3ccncc3)C2)c1. The number of nitrogens with two attached hydrogens (primary N) is 1. The molecular weight excluding hydrogens is 338 g/mol. The Labute approximate surface area is 147 Å². The van der Waals surface area contributed by atoms with Crippen molar-refractivity contribution in [1.82, 2.24) is 9.88 Å². The molecule has 1 aromatic carbocycles. The molecule has 1 aromatic heterocycles. The van der Waals surface area contributed by atoms with E-state index in [0.29, 0.717) is 30.1 Å². The monoisotopic (exact) mass is 359 g/mol. The number of amides is 1. The highest BCUT2D eigenvalue weighted by Gasteiger charge is 2.25. The van der Waals surface area contributed by atoms with E-state index in [4.69, 9.17) is 5.14 Å². The van der Waals surface area contributed by atoms with E-state index >= 15 is 0 Å². The highest BCUT2D eigenvalue weighted by molar-refractivity contribution is 7.88. The van der Waals surface area contributed by atoms with E-state index in [1.165, 1.54) is 5.56 Å². The molecule has 2 heterocycles. The van der Waals surface area contributed by atoms with Gasteiger partial charge in [0.1, 0.15) is 0 Å². The maximum Gasteiger partial charge on any atom is 0.253 e. The minimum Gasteiger partial charge on any atom is -0.338 e. The number of benzene rings is 1. The fraction of sp³-hybridized carbons (Fsp3) is 0.333. The van der Waals surface area contributed by atoms with Gasteiger partial charge in [-0.1, -0.05) is 12.1 Å². The van der Waals surface area contributed by atoms with Crippen molar-refractivity contribution in [3.05, 3.63) is 65.5 Å². The zero-order valence-electron chi connectivity index (χ0n) is 13.8. The number of carbonyl (C=O) groups is 1. The summed E-state index contributed by atoms with van der Waals surface area (Å²) in [5.41, 5.74) is 2.21. The number of pyridine rings is 1. The van der Waals surface area contributed by atoms with Gasteiger partial charge in [-0.3, -0.25) is 9.78 Å². The third-order valence-corrected chi connectivity index (χ3v) is 5.16. The lowest BCUT2D eigenvalue weighted by Gasteiger charge is -2.33. The Hall–Kier alpha value is -2.25. The summed E-state index contributed by atoms with van der Waals surface area (Å²) in [6.45, 7) is 1.36. The molecule has 1 unspecified atom stereocenters. The first-order valence-electron chi connectivity index (χ1n) is 8.21. The summed E-state index contributed by atoms with van der Waals surface area (Å²) in [5, 5.41) is 5.09. The third-order valence-electron chi connectivity index (χ3n) is 4.43. The maximum absolute atomic E-state index is 12.8. The first-order chi connectivity index (χ1) is 11.9. The number of piperidine rings is 1. The Morgan fingerprint density at radius 3 is 2.72 bits per heavy atom. The van der Waals surface area contributed by atoms with Gasteiger partial charge in [0.2, 0.25) is 10.0 Å². The average Bonchev–Trinajstić information content (AvgIpc) is 2.61. The van der Waals surface area contributed by atoms with E-state index in [1.54, 1.807) is 36.7 Å². The van der Waals surface area contributed by atoms with Crippen LogP contribution in [0.4, 0.5) is 0 Å². The van der Waals surface area contributed by atoms with Crippen molar-refractivity contribution in [1.29, 1.82) is 0 Å². The lowest BCUT2D eigenvalue weighted by molar-refractivity contribution is 0.0707. The normalized spacial score (nSPS) is 18.1. The van der Waals surface area contributed by atoms with Gasteiger partial charge in [0.25, 0.3) is 5.91 Å². The van der Waals surface area contributed by atoms with Gasteiger partial charge in [-0.25, -0.2) is 13.6 Å². The molecule has 0 saturated carbocycles. The topological polar surface area (TPSA) is 93.4 Å². The largest absolute Gasteiger partial charge is 0.338 e. The summed E-state index contributed by atoms with van der Waals surface area (Å²) in [7, 11) is -3.62. The molecule has 1 aliphatic rings. The zero-order chi connectivity index (χ0) is 17.9. The van der Waals surface area contributed by atoms with Gasteiger partial charge in [-0.15, -0.1) is 0 Å². The number of hydrogen-bond donors (Lipinski definition) is 1. The zero-order valence-corrected chi connectivity index (χ0v) is 14.7. The highest BCUT2D eigenvalue weighted by Crippen LogP contribution is 2.27. The van der Waals surface area contributed by atoms with Crippen molar-refractivity contribution < 1.29 is 13.2 Å². The predicted molar refractivity (Wildman–Crippen MR) is 95.4 cm³/mol. The van der Waals surface area contributed by atoms with Gasteiger partial charge in [-0.2, -0.15) is 0 Å². The van der Waals surface area contributed by atoms with Crippen molar-refractivity contribution in [3.63, 3.8) is 0 Å². The number of sulfonamides is 1. The van der Waals surface area contributed by atoms with E-state index in [1.807, 2.05) is 17.0 Å². The van der Waals surface area contributed by atoms with E-state index in [0.717, 1.165) is 12.8 Å². The number of primary sulfonamides is 1. The van der Waals surface area contributed by atoms with Crippen LogP contribution in [-0.2, 0) is 15.8 Å². The van der Waals surface area contributed by atoms with Crippen LogP contribution >= 0.6 is 0 Å². The molecule has 25 heavy (non-hydrogen) atoms. The average molecular weight is 359 g/mol. The molecule has 1 atom stereocenters. The molecule has 1 fully saturated rings. The van der Waals surface area contributed by atoms with E-state index < -0.39 is 10.0 Å². The van der Waals surface area contributed by atoms with Crippen molar-refractivity contribution in [3.8, 4) is 0 Å². The van der Waals surface area contributed by atoms with Crippen LogP contribution < -0.4 is 5.14 Å². The second-order valence-corrected chi connectivity index (χ2v) is 7.99. The van der Waals surface area contributed by atoms with Crippen molar-refractivity contribution >= 4 is 15.9 Å². The molecule has 3 rings (SSSR count). The summed E-state index contributed by atoms with van der Waals surface area (Å²) in [5.74, 6) is -0.0448. The lowest BCUT2D eigenvalue weighted by Crippen LogP contribution is -2.39. The number of aromatic nitrogens is 1. The quantitative estimate of drug-likeness (QED) is 0.902. The molecule has 0 spiro atoms. The summed E-state index contributed by atoms with van der Waals surface area (Å²) in [6.07, 6.45) is 5.52. The molecule has 7 heteroatoms. The van der Waals surface area contributed by atoms with E-state index in [-0.39, 0.29) is 11.7 Å². The summed E-state index contributed by atoms with van der Waals surface area (Å²) in [4.78, 5) is 18.7. The molecule has 2 N–H and O–H groups in total. The van der Waals surface area contributed by atoms with Crippen molar-refractivity contribution in [2.75, 3.05) is 13.1 Å². The van der Waals surface area contributed by atoms with Crippen molar-refractivity contribution in [2.45, 2.75) is 24.5 Å². The van der Waals surface area contributed by atoms with Crippen LogP contribution in [0.2, 0.25) is 0 Å². The Balaban J connectivity index is 1.75. The van der Waals surface area contributed by atoms with Crippen LogP contribution in [0.5, 0.6) is 0 Å². The van der Waals surface area contributed by atoms with Gasteiger partial charge < -0.3 is 4.90 Å². The fourth-order valence-corrected chi connectivity index (χ4v) is 3.92. The molecule has 0 bridgehead atoms. The first-order valence-corrected chi connectivity index (χ1v) is 9.92. The van der Waals surface area contributed by atoms with Crippen LogP contribution in [0.25, 0.3) is 0 Å². The number of rotatable bonds is 4. The fourth-order valence-electron chi connectivity index (χ4n) is 3.28. The van der Waals surface area contributed by atoms with Gasteiger partial charge in [-0.05, 0) is 48.2 Å². The predicted octanol–water partition coefficient (Wildman–Crippen LogP) is 1.89. The van der Waals surface area contributed by atoms with Crippen molar-refractivity contribution in [2.24, 2.45) is 5.14 Å². The Morgan fingerprint density at radius 1 is 1.24 bits per heavy atom. The van der Waals surface area contributed by atoms with E-state index in [2.05, 4.69) is 4.98 Å². The maximum atomic E-state index is 12.8. The number of likely N-dealkylation sites (tertiary alicyclic amines) is 1. The van der Waals surface area contributed by atoms with Crippen LogP contribution in [0.1, 0.15) is 40.2 Å². The molecule has 0 radical (unpaired) electrons. The van der Waals surface area contributed by atoms with Gasteiger partial charge in [0.05, 0.1) is 5.75 Å². The molecule has 1 amide bonds. The molecule has 6 nitrogen and oxygen atoms in total. The summed E-state index contributed by atoms with van der Waals surface area (Å²) >= 11 is 0. The van der Waals surface area contributed by atoms with Crippen LogP contribution in [0.15, 0.2) is 48.8 Å². The van der Waals surface area contributed by atoms with Gasteiger partial charge in [0.15, 0.2) is 0 Å². The molecule has 0 aliphatic carbocycles. The van der Waals surface area contributed by atoms with Crippen LogP contribution in [0, 0.1) is 0 Å². The van der Waals surface area contributed by atoms with E-state index in [9.17, 15) is 13.2 Å². The lowest BCUT2D eigenvalue weighted by atomic mass is 9.91. The van der Waals surface area contributed by atoms with Gasteiger partial charge >= 0.3 is 0 Å². The first kappa shape index (κ1) is 17.6. The minimum atomic E-state index is -3.62. The molecule has 2 aromatic rings.